The third kappa shape index (κ3) is 4.33. The number of nitriles is 1. The molecule has 0 saturated carbocycles. The van der Waals surface area contributed by atoms with Crippen LogP contribution in [0.25, 0.3) is 11.6 Å². The molecule has 0 spiro atoms. The molecule has 0 aliphatic rings. The highest BCUT2D eigenvalue weighted by atomic mass is 14.2. The number of rotatable bonds is 4. The molecule has 0 bridgehead atoms. The monoisotopic (exact) mass is 271 g/mol. The molecule has 1 heteroatoms. The Morgan fingerprint density at radius 1 is 0.905 bits per heavy atom. The average Bonchev–Trinajstić information content (AvgIpc) is 2.56. The van der Waals surface area contributed by atoms with Crippen molar-refractivity contribution in [2.75, 3.05) is 0 Å². The molecule has 0 aliphatic carbocycles. The summed E-state index contributed by atoms with van der Waals surface area (Å²) in [4.78, 5) is 0. The molecular weight excluding hydrogens is 254 g/mol. The maximum absolute atomic E-state index is 8.77. The lowest BCUT2D eigenvalue weighted by molar-refractivity contribution is 1.51. The summed E-state index contributed by atoms with van der Waals surface area (Å²) in [6.07, 6.45) is 7.47. The van der Waals surface area contributed by atoms with Gasteiger partial charge in [-0.25, -0.2) is 0 Å². The lowest BCUT2D eigenvalue weighted by Crippen LogP contribution is -1.84. The summed E-state index contributed by atoms with van der Waals surface area (Å²) < 4.78 is 0. The minimum atomic E-state index is 1.03. The molecule has 0 amide bonds. The Labute approximate surface area is 126 Å². The molecule has 0 fully saturated rings. The van der Waals surface area contributed by atoms with E-state index >= 15 is 0 Å². The summed E-state index contributed by atoms with van der Waals surface area (Å²) in [6, 6.07) is 22.4. The molecule has 0 heterocycles. The molecule has 2 aromatic carbocycles. The van der Waals surface area contributed by atoms with Crippen molar-refractivity contribution in [2.45, 2.75) is 6.92 Å². The van der Waals surface area contributed by atoms with Crippen LogP contribution < -0.4 is 0 Å². The number of hydrogen-bond acceptors (Lipinski definition) is 1. The summed E-state index contributed by atoms with van der Waals surface area (Å²) in [7, 11) is 0. The summed E-state index contributed by atoms with van der Waals surface area (Å²) in [6.45, 7) is 2.07. The first-order valence-electron chi connectivity index (χ1n) is 6.87. The normalized spacial score (nSPS) is 12.4. The van der Waals surface area contributed by atoms with Gasteiger partial charge >= 0.3 is 0 Å². The van der Waals surface area contributed by atoms with Gasteiger partial charge in [-0.15, -0.1) is 0 Å². The standard InChI is InChI=1S/C20H17N/c1-17(19-11-6-3-7-12-19)20(13-8-16-21)15-14-18-9-4-2-5-10-18/h2-15H,1H3. The van der Waals surface area contributed by atoms with Crippen molar-refractivity contribution in [2.24, 2.45) is 0 Å². The van der Waals surface area contributed by atoms with E-state index in [1.165, 1.54) is 6.08 Å². The Kier molecular flexibility index (Phi) is 5.32. The molecule has 2 rings (SSSR count). The highest BCUT2D eigenvalue weighted by Crippen LogP contribution is 2.20. The number of hydrogen-bond donors (Lipinski definition) is 0. The molecule has 0 atom stereocenters. The van der Waals surface area contributed by atoms with Gasteiger partial charge in [0.05, 0.1) is 6.07 Å². The Morgan fingerprint density at radius 3 is 2.14 bits per heavy atom. The number of benzene rings is 2. The zero-order chi connectivity index (χ0) is 14.9. The van der Waals surface area contributed by atoms with Gasteiger partial charge in [-0.1, -0.05) is 72.8 Å². The van der Waals surface area contributed by atoms with Crippen molar-refractivity contribution in [3.05, 3.63) is 95.6 Å². The number of allylic oxidation sites excluding steroid dienone is 5. The van der Waals surface area contributed by atoms with Crippen molar-refractivity contribution in [3.63, 3.8) is 0 Å². The summed E-state index contributed by atoms with van der Waals surface area (Å²) in [5, 5.41) is 8.77. The van der Waals surface area contributed by atoms with E-state index in [0.29, 0.717) is 0 Å². The fourth-order valence-corrected chi connectivity index (χ4v) is 2.04. The van der Waals surface area contributed by atoms with Crippen LogP contribution in [-0.4, -0.2) is 0 Å². The van der Waals surface area contributed by atoms with E-state index < -0.39 is 0 Å². The Morgan fingerprint density at radius 2 is 1.52 bits per heavy atom. The first kappa shape index (κ1) is 14.6. The van der Waals surface area contributed by atoms with Crippen LogP contribution >= 0.6 is 0 Å². The Bertz CT molecular complexity index is 699. The van der Waals surface area contributed by atoms with E-state index in [4.69, 9.17) is 5.26 Å². The van der Waals surface area contributed by atoms with Gasteiger partial charge in [-0.05, 0) is 35.3 Å². The summed E-state index contributed by atoms with van der Waals surface area (Å²) >= 11 is 0. The molecular formula is C20H17N. The van der Waals surface area contributed by atoms with Crippen LogP contribution in [0, 0.1) is 11.3 Å². The predicted molar refractivity (Wildman–Crippen MR) is 89.3 cm³/mol. The number of nitrogens with zero attached hydrogens (tertiary/aromatic N) is 1. The van der Waals surface area contributed by atoms with Crippen molar-refractivity contribution >= 4 is 11.6 Å². The molecule has 0 aromatic heterocycles. The van der Waals surface area contributed by atoms with Gasteiger partial charge in [0.25, 0.3) is 0 Å². The minimum Gasteiger partial charge on any atom is -0.193 e. The van der Waals surface area contributed by atoms with E-state index in [0.717, 1.165) is 22.3 Å². The first-order valence-corrected chi connectivity index (χ1v) is 6.87. The van der Waals surface area contributed by atoms with Gasteiger partial charge in [0.2, 0.25) is 0 Å². The van der Waals surface area contributed by atoms with Gasteiger partial charge in [-0.2, -0.15) is 5.26 Å². The van der Waals surface area contributed by atoms with Crippen molar-refractivity contribution in [3.8, 4) is 6.07 Å². The van der Waals surface area contributed by atoms with Crippen LogP contribution in [0.4, 0.5) is 0 Å². The van der Waals surface area contributed by atoms with E-state index in [9.17, 15) is 0 Å². The average molecular weight is 271 g/mol. The van der Waals surface area contributed by atoms with Crippen LogP contribution in [0.15, 0.2) is 84.5 Å². The highest BCUT2D eigenvalue weighted by Gasteiger charge is 1.99. The second kappa shape index (κ2) is 7.67. The summed E-state index contributed by atoms with van der Waals surface area (Å²) in [5.74, 6) is 0. The summed E-state index contributed by atoms with van der Waals surface area (Å²) in [5.41, 5.74) is 4.48. The van der Waals surface area contributed by atoms with E-state index in [-0.39, 0.29) is 0 Å². The molecule has 21 heavy (non-hydrogen) atoms. The molecule has 0 radical (unpaired) electrons. The van der Waals surface area contributed by atoms with Crippen LogP contribution in [0.5, 0.6) is 0 Å². The SMILES string of the molecule is CC(=C(C=CC#N)C=Cc1ccccc1)c1ccccc1. The van der Waals surface area contributed by atoms with Crippen LogP contribution in [0.2, 0.25) is 0 Å². The van der Waals surface area contributed by atoms with Crippen LogP contribution in [0.3, 0.4) is 0 Å². The fourth-order valence-electron chi connectivity index (χ4n) is 2.04. The highest BCUT2D eigenvalue weighted by molar-refractivity contribution is 5.74. The van der Waals surface area contributed by atoms with Gasteiger partial charge in [0.15, 0.2) is 0 Å². The second-order valence-corrected chi connectivity index (χ2v) is 4.65. The van der Waals surface area contributed by atoms with Crippen LogP contribution in [-0.2, 0) is 0 Å². The third-order valence-corrected chi connectivity index (χ3v) is 3.23. The topological polar surface area (TPSA) is 23.8 Å². The smallest absolute Gasteiger partial charge is 0.0912 e. The zero-order valence-electron chi connectivity index (χ0n) is 12.0. The second-order valence-electron chi connectivity index (χ2n) is 4.65. The molecule has 0 aliphatic heterocycles. The van der Waals surface area contributed by atoms with Gasteiger partial charge in [0, 0.05) is 6.08 Å². The molecule has 102 valence electrons. The first-order chi connectivity index (χ1) is 10.3. The van der Waals surface area contributed by atoms with E-state index in [2.05, 4.69) is 43.3 Å². The molecule has 0 saturated heterocycles. The lowest BCUT2D eigenvalue weighted by Gasteiger charge is -2.05. The van der Waals surface area contributed by atoms with Gasteiger partial charge in [0.1, 0.15) is 0 Å². The van der Waals surface area contributed by atoms with Gasteiger partial charge < -0.3 is 0 Å². The molecule has 2 aromatic rings. The third-order valence-electron chi connectivity index (χ3n) is 3.23. The van der Waals surface area contributed by atoms with Gasteiger partial charge in [-0.3, -0.25) is 0 Å². The van der Waals surface area contributed by atoms with Crippen molar-refractivity contribution in [1.29, 1.82) is 5.26 Å². The van der Waals surface area contributed by atoms with Crippen LogP contribution in [0.1, 0.15) is 18.1 Å². The van der Waals surface area contributed by atoms with E-state index in [1.807, 2.05) is 48.6 Å². The maximum Gasteiger partial charge on any atom is 0.0912 e. The lowest BCUT2D eigenvalue weighted by atomic mass is 10.00. The molecule has 0 unspecified atom stereocenters. The van der Waals surface area contributed by atoms with Crippen molar-refractivity contribution in [1.82, 2.24) is 0 Å². The Hall–Kier alpha value is -2.85. The van der Waals surface area contributed by atoms with E-state index in [1.54, 1.807) is 0 Å². The largest absolute Gasteiger partial charge is 0.193 e. The molecule has 0 N–H and O–H groups in total. The minimum absolute atomic E-state index is 1.03. The zero-order valence-corrected chi connectivity index (χ0v) is 12.0. The molecule has 1 nitrogen and oxygen atoms in total. The maximum atomic E-state index is 8.77. The fraction of sp³-hybridized carbons (Fsp3) is 0.0500. The predicted octanol–water partition coefficient (Wildman–Crippen LogP) is 5.25. The Balaban J connectivity index is 2.37. The van der Waals surface area contributed by atoms with Crippen molar-refractivity contribution < 1.29 is 0 Å². The quantitative estimate of drug-likeness (QED) is 0.550.